The third-order valence-corrected chi connectivity index (χ3v) is 5.81. The summed E-state index contributed by atoms with van der Waals surface area (Å²) in [7, 11) is 0. The maximum atomic E-state index is 12.6. The number of carbonyl (C=O) groups is 1. The highest BCUT2D eigenvalue weighted by Gasteiger charge is 2.36. The number of morpholine rings is 1. The Morgan fingerprint density at radius 2 is 1.89 bits per heavy atom. The van der Waals surface area contributed by atoms with Crippen molar-refractivity contribution in [2.75, 3.05) is 32.8 Å². The van der Waals surface area contributed by atoms with Gasteiger partial charge in [-0.15, -0.1) is 0 Å². The summed E-state index contributed by atoms with van der Waals surface area (Å²) in [5, 5.41) is 7.08. The predicted molar refractivity (Wildman–Crippen MR) is 102 cm³/mol. The molecule has 2 aliphatic rings. The van der Waals surface area contributed by atoms with Crippen LogP contribution in [0.1, 0.15) is 47.5 Å². The number of carbonyl (C=O) groups excluding carboxylic acids is 1. The molecule has 0 bridgehead atoms. The van der Waals surface area contributed by atoms with E-state index < -0.39 is 0 Å². The molecule has 1 aromatic heterocycles. The molecule has 1 saturated carbocycles. The highest BCUT2D eigenvalue weighted by atomic mass is 16.5. The predicted octanol–water partition coefficient (Wildman–Crippen LogP) is 2.75. The van der Waals surface area contributed by atoms with Gasteiger partial charge in [-0.05, 0) is 18.4 Å². The number of aromatic nitrogens is 1. The highest BCUT2D eigenvalue weighted by Crippen LogP contribution is 2.40. The fourth-order valence-corrected chi connectivity index (χ4v) is 4.23. The topological polar surface area (TPSA) is 67.6 Å². The van der Waals surface area contributed by atoms with Crippen molar-refractivity contribution in [3.63, 3.8) is 0 Å². The van der Waals surface area contributed by atoms with E-state index in [-0.39, 0.29) is 11.3 Å². The summed E-state index contributed by atoms with van der Waals surface area (Å²) < 4.78 is 10.7. The summed E-state index contributed by atoms with van der Waals surface area (Å²) in [6, 6.07) is 12.3. The minimum absolute atomic E-state index is 0.0390. The van der Waals surface area contributed by atoms with Gasteiger partial charge in [-0.2, -0.15) is 0 Å². The van der Waals surface area contributed by atoms with Gasteiger partial charge in [0.2, 0.25) is 0 Å². The number of nitrogens with zero attached hydrogens (tertiary/aromatic N) is 2. The molecule has 6 nitrogen and oxygen atoms in total. The molecule has 2 fully saturated rings. The summed E-state index contributed by atoms with van der Waals surface area (Å²) in [6.07, 6.45) is 4.63. The van der Waals surface area contributed by atoms with Crippen molar-refractivity contribution in [1.82, 2.24) is 15.4 Å². The number of hydrogen-bond acceptors (Lipinski definition) is 5. The molecular formula is C21H27N3O3. The molecule has 0 atom stereocenters. The van der Waals surface area contributed by atoms with E-state index in [4.69, 9.17) is 9.26 Å². The number of rotatable bonds is 6. The Bertz CT molecular complexity index is 747. The van der Waals surface area contributed by atoms with Crippen LogP contribution in [0.25, 0.3) is 0 Å². The Morgan fingerprint density at radius 1 is 1.15 bits per heavy atom. The van der Waals surface area contributed by atoms with E-state index >= 15 is 0 Å². The Kier molecular flexibility index (Phi) is 5.55. The van der Waals surface area contributed by atoms with Crippen LogP contribution in [0.4, 0.5) is 0 Å². The molecule has 0 radical (unpaired) electrons. The average Bonchev–Trinajstić information content (AvgIpc) is 3.38. The molecule has 6 heteroatoms. The number of nitrogens with one attached hydrogen (secondary N) is 1. The van der Waals surface area contributed by atoms with Crippen LogP contribution in [-0.2, 0) is 16.7 Å². The van der Waals surface area contributed by atoms with Gasteiger partial charge < -0.3 is 14.6 Å². The monoisotopic (exact) mass is 369 g/mol. The smallest absolute Gasteiger partial charge is 0.273 e. The molecule has 1 aliphatic heterocycles. The zero-order chi connectivity index (χ0) is 18.5. The van der Waals surface area contributed by atoms with E-state index in [1.165, 1.54) is 18.4 Å². The van der Waals surface area contributed by atoms with Crippen LogP contribution in [0.15, 0.2) is 40.9 Å². The molecule has 1 saturated heterocycles. The Morgan fingerprint density at radius 3 is 2.63 bits per heavy atom. The lowest BCUT2D eigenvalue weighted by Gasteiger charge is -2.29. The third kappa shape index (κ3) is 4.22. The fraction of sp³-hybridized carbons (Fsp3) is 0.524. The van der Waals surface area contributed by atoms with Gasteiger partial charge in [-0.1, -0.05) is 48.3 Å². The molecule has 1 N–H and O–H groups in total. The van der Waals surface area contributed by atoms with Crippen LogP contribution < -0.4 is 5.32 Å². The Balaban J connectivity index is 1.37. The first-order valence-electron chi connectivity index (χ1n) is 9.85. The molecular weight excluding hydrogens is 342 g/mol. The van der Waals surface area contributed by atoms with E-state index in [1.54, 1.807) is 6.07 Å². The summed E-state index contributed by atoms with van der Waals surface area (Å²) in [6.45, 7) is 4.54. The molecule has 2 aromatic rings. The average molecular weight is 369 g/mol. The summed E-state index contributed by atoms with van der Waals surface area (Å²) in [4.78, 5) is 14.9. The van der Waals surface area contributed by atoms with Crippen molar-refractivity contribution in [2.24, 2.45) is 0 Å². The lowest BCUT2D eigenvalue weighted by molar-refractivity contribution is 0.0305. The van der Waals surface area contributed by atoms with Crippen LogP contribution in [0.5, 0.6) is 0 Å². The zero-order valence-corrected chi connectivity index (χ0v) is 15.7. The molecule has 1 aliphatic carbocycles. The van der Waals surface area contributed by atoms with Crippen molar-refractivity contribution in [2.45, 2.75) is 37.6 Å². The van der Waals surface area contributed by atoms with Gasteiger partial charge in [-0.3, -0.25) is 9.69 Å². The maximum absolute atomic E-state index is 12.6. The molecule has 0 unspecified atom stereocenters. The SMILES string of the molecule is O=C(NCC1(c2ccccc2)CCCC1)c1cc(CN2CCOCC2)on1. The van der Waals surface area contributed by atoms with E-state index in [0.29, 0.717) is 18.8 Å². The van der Waals surface area contributed by atoms with E-state index in [9.17, 15) is 4.79 Å². The maximum Gasteiger partial charge on any atom is 0.273 e. The molecule has 0 spiro atoms. The largest absolute Gasteiger partial charge is 0.379 e. The lowest BCUT2D eigenvalue weighted by atomic mass is 9.79. The standard InChI is InChI=1S/C21H27N3O3/c25-20(19-14-18(27-23-19)15-24-10-12-26-13-11-24)22-16-21(8-4-5-9-21)17-6-2-1-3-7-17/h1-3,6-7,14H,4-5,8-13,15-16H2,(H,22,25). The van der Waals surface area contributed by atoms with Gasteiger partial charge in [0.1, 0.15) is 0 Å². The normalized spacial score (nSPS) is 19.9. The Labute approximate surface area is 159 Å². The van der Waals surface area contributed by atoms with Crippen LogP contribution in [0.2, 0.25) is 0 Å². The van der Waals surface area contributed by atoms with E-state index in [1.807, 2.05) is 6.07 Å². The number of ether oxygens (including phenoxy) is 1. The first-order chi connectivity index (χ1) is 13.3. The molecule has 27 heavy (non-hydrogen) atoms. The van der Waals surface area contributed by atoms with Crippen LogP contribution in [0.3, 0.4) is 0 Å². The van der Waals surface area contributed by atoms with Crippen molar-refractivity contribution in [1.29, 1.82) is 0 Å². The summed E-state index contributed by atoms with van der Waals surface area (Å²) in [5.74, 6) is 0.565. The summed E-state index contributed by atoms with van der Waals surface area (Å²) in [5.41, 5.74) is 1.72. The van der Waals surface area contributed by atoms with Crippen molar-refractivity contribution >= 4 is 5.91 Å². The molecule has 4 rings (SSSR count). The molecule has 144 valence electrons. The van der Waals surface area contributed by atoms with Gasteiger partial charge in [0.05, 0.1) is 19.8 Å². The Hall–Kier alpha value is -2.18. The van der Waals surface area contributed by atoms with Gasteiger partial charge >= 0.3 is 0 Å². The highest BCUT2D eigenvalue weighted by molar-refractivity contribution is 5.92. The van der Waals surface area contributed by atoms with Crippen molar-refractivity contribution in [3.8, 4) is 0 Å². The zero-order valence-electron chi connectivity index (χ0n) is 15.7. The summed E-state index contributed by atoms with van der Waals surface area (Å²) >= 11 is 0. The van der Waals surface area contributed by atoms with Gasteiger partial charge in [0, 0.05) is 31.1 Å². The third-order valence-electron chi connectivity index (χ3n) is 5.81. The van der Waals surface area contributed by atoms with Gasteiger partial charge in [-0.25, -0.2) is 0 Å². The minimum Gasteiger partial charge on any atom is -0.379 e. The van der Waals surface area contributed by atoms with Crippen LogP contribution in [0, 0.1) is 0 Å². The minimum atomic E-state index is -0.158. The quantitative estimate of drug-likeness (QED) is 0.848. The first-order valence-corrected chi connectivity index (χ1v) is 9.85. The van der Waals surface area contributed by atoms with Crippen LogP contribution in [-0.4, -0.2) is 48.8 Å². The number of amides is 1. The van der Waals surface area contributed by atoms with Gasteiger partial charge in [0.25, 0.3) is 5.91 Å². The van der Waals surface area contributed by atoms with Crippen molar-refractivity contribution < 1.29 is 14.1 Å². The lowest BCUT2D eigenvalue weighted by Crippen LogP contribution is -2.39. The molecule has 2 heterocycles. The second-order valence-corrected chi connectivity index (χ2v) is 7.60. The molecule has 1 amide bonds. The fourth-order valence-electron chi connectivity index (χ4n) is 4.23. The van der Waals surface area contributed by atoms with Gasteiger partial charge in [0.15, 0.2) is 11.5 Å². The molecule has 1 aromatic carbocycles. The first kappa shape index (κ1) is 18.2. The number of benzene rings is 1. The van der Waals surface area contributed by atoms with Crippen molar-refractivity contribution in [3.05, 3.63) is 53.4 Å². The van der Waals surface area contributed by atoms with Crippen LogP contribution >= 0.6 is 0 Å². The second kappa shape index (κ2) is 8.23. The number of hydrogen-bond donors (Lipinski definition) is 1. The second-order valence-electron chi connectivity index (χ2n) is 7.60. The van der Waals surface area contributed by atoms with E-state index in [2.05, 4.69) is 39.6 Å². The van der Waals surface area contributed by atoms with E-state index in [0.717, 1.165) is 44.9 Å².